The van der Waals surface area contributed by atoms with Gasteiger partial charge in [-0.1, -0.05) is 66.4 Å². The van der Waals surface area contributed by atoms with Gasteiger partial charge in [0.2, 0.25) is 0 Å². The Hall–Kier alpha value is -3.35. The number of hydrogen-bond donors (Lipinski definition) is 1. The van der Waals surface area contributed by atoms with Crippen LogP contribution >= 0.6 is 0 Å². The van der Waals surface area contributed by atoms with E-state index in [1.165, 1.54) is 17.7 Å². The molecular formula is C24H23NO2. The average molecular weight is 357 g/mol. The maximum atomic E-state index is 10.6. The van der Waals surface area contributed by atoms with Gasteiger partial charge in [-0.25, -0.2) is 0 Å². The number of carbonyl (C=O) groups excluding carboxylic acids is 1. The van der Waals surface area contributed by atoms with E-state index in [0.29, 0.717) is 6.04 Å². The normalized spacial score (nSPS) is 10.6. The smallest absolute Gasteiger partial charge is 0.107 e. The molecule has 3 nitrogen and oxygen atoms in total. The number of benzene rings is 3. The van der Waals surface area contributed by atoms with Gasteiger partial charge in [-0.05, 0) is 49.2 Å². The molecule has 27 heavy (non-hydrogen) atoms. The topological polar surface area (TPSA) is 67.8 Å². The Balaban J connectivity index is 0.000000244. The van der Waals surface area contributed by atoms with E-state index in [4.69, 9.17) is 0 Å². The number of aromatic carboxylic acids is 1. The van der Waals surface area contributed by atoms with Crippen molar-refractivity contribution in [1.29, 1.82) is 0 Å². The summed E-state index contributed by atoms with van der Waals surface area (Å²) in [5.41, 5.74) is 8.26. The second-order valence-electron chi connectivity index (χ2n) is 6.30. The highest BCUT2D eigenvalue weighted by atomic mass is 16.4. The summed E-state index contributed by atoms with van der Waals surface area (Å²) in [5.74, 6) is 4.86. The fourth-order valence-corrected chi connectivity index (χ4v) is 2.34. The van der Waals surface area contributed by atoms with E-state index in [0.717, 1.165) is 16.7 Å². The lowest BCUT2D eigenvalue weighted by atomic mass is 10.1. The van der Waals surface area contributed by atoms with Gasteiger partial charge in [0, 0.05) is 16.7 Å². The van der Waals surface area contributed by atoms with Crippen LogP contribution < -0.4 is 10.8 Å². The Morgan fingerprint density at radius 3 is 2.04 bits per heavy atom. The molecule has 0 saturated heterocycles. The molecule has 0 radical (unpaired) electrons. The Bertz CT molecular complexity index is 933. The van der Waals surface area contributed by atoms with E-state index in [9.17, 15) is 9.90 Å². The van der Waals surface area contributed by atoms with Crippen molar-refractivity contribution < 1.29 is 15.6 Å². The molecule has 0 aliphatic heterocycles. The predicted molar refractivity (Wildman–Crippen MR) is 106 cm³/mol. The predicted octanol–water partition coefficient (Wildman–Crippen LogP) is 2.75. The lowest BCUT2D eigenvalue weighted by molar-refractivity contribution is -0.420. The summed E-state index contributed by atoms with van der Waals surface area (Å²) < 4.78 is 0. The molecule has 0 spiro atoms. The zero-order valence-electron chi connectivity index (χ0n) is 15.6. The van der Waals surface area contributed by atoms with Crippen LogP contribution in [-0.2, 0) is 0 Å². The van der Waals surface area contributed by atoms with Crippen LogP contribution in [0.5, 0.6) is 0 Å². The zero-order valence-corrected chi connectivity index (χ0v) is 15.6. The number of quaternary nitrogens is 1. The SMILES string of the molecule is C[C@@H]([NH3+])c1ccccc1.Cc1cccc(C#Cc2ccc(C(=O)[O-])cc2)c1. The molecule has 0 aromatic heterocycles. The van der Waals surface area contributed by atoms with Crippen LogP contribution in [0.3, 0.4) is 0 Å². The molecule has 3 aromatic rings. The van der Waals surface area contributed by atoms with Crippen LogP contribution in [0, 0.1) is 18.8 Å². The van der Waals surface area contributed by atoms with Crippen molar-refractivity contribution in [2.45, 2.75) is 19.9 Å². The molecule has 0 amide bonds. The van der Waals surface area contributed by atoms with Gasteiger partial charge in [0.25, 0.3) is 0 Å². The molecule has 0 unspecified atom stereocenters. The largest absolute Gasteiger partial charge is 0.545 e. The molecule has 3 heteroatoms. The first-order valence-electron chi connectivity index (χ1n) is 8.74. The average Bonchev–Trinajstić information content (AvgIpc) is 2.68. The van der Waals surface area contributed by atoms with Crippen LogP contribution in [-0.4, -0.2) is 5.97 Å². The van der Waals surface area contributed by atoms with E-state index >= 15 is 0 Å². The molecule has 0 saturated carbocycles. The summed E-state index contributed by atoms with van der Waals surface area (Å²) in [6.45, 7) is 4.11. The van der Waals surface area contributed by atoms with Crippen LogP contribution in [0.2, 0.25) is 0 Å². The molecule has 0 aliphatic rings. The van der Waals surface area contributed by atoms with Crippen molar-refractivity contribution in [2.24, 2.45) is 0 Å². The Morgan fingerprint density at radius 1 is 0.889 bits per heavy atom. The van der Waals surface area contributed by atoms with Crippen LogP contribution in [0.25, 0.3) is 0 Å². The van der Waals surface area contributed by atoms with Gasteiger partial charge in [0.1, 0.15) is 6.04 Å². The summed E-state index contributed by atoms with van der Waals surface area (Å²) in [6, 6.07) is 24.9. The lowest BCUT2D eigenvalue weighted by Crippen LogP contribution is -2.51. The van der Waals surface area contributed by atoms with Gasteiger partial charge in [0.05, 0.1) is 5.97 Å². The summed E-state index contributed by atoms with van der Waals surface area (Å²) in [5, 5.41) is 10.6. The summed E-state index contributed by atoms with van der Waals surface area (Å²) in [6.07, 6.45) is 0. The minimum atomic E-state index is -1.17. The van der Waals surface area contributed by atoms with Crippen molar-refractivity contribution >= 4 is 5.97 Å². The van der Waals surface area contributed by atoms with Gasteiger partial charge in [-0.2, -0.15) is 0 Å². The lowest BCUT2D eigenvalue weighted by Gasteiger charge is -2.00. The van der Waals surface area contributed by atoms with Crippen molar-refractivity contribution in [3.8, 4) is 11.8 Å². The highest BCUT2D eigenvalue weighted by Gasteiger charge is 1.97. The summed E-state index contributed by atoms with van der Waals surface area (Å²) in [4.78, 5) is 10.6. The van der Waals surface area contributed by atoms with E-state index in [2.05, 4.69) is 36.6 Å². The van der Waals surface area contributed by atoms with E-state index in [-0.39, 0.29) is 5.56 Å². The second-order valence-corrected chi connectivity index (χ2v) is 6.30. The first-order valence-corrected chi connectivity index (χ1v) is 8.74. The minimum absolute atomic E-state index is 0.163. The second kappa shape index (κ2) is 9.96. The van der Waals surface area contributed by atoms with Crippen LogP contribution in [0.15, 0.2) is 78.9 Å². The van der Waals surface area contributed by atoms with E-state index < -0.39 is 5.97 Å². The van der Waals surface area contributed by atoms with Gasteiger partial charge >= 0.3 is 0 Å². The van der Waals surface area contributed by atoms with Crippen LogP contribution in [0.1, 0.15) is 45.6 Å². The Labute approximate surface area is 160 Å². The quantitative estimate of drug-likeness (QED) is 0.717. The van der Waals surface area contributed by atoms with Gasteiger partial charge < -0.3 is 15.6 Å². The summed E-state index contributed by atoms with van der Waals surface area (Å²) in [7, 11) is 0. The third-order valence-corrected chi connectivity index (χ3v) is 3.86. The maximum Gasteiger partial charge on any atom is 0.107 e. The fourth-order valence-electron chi connectivity index (χ4n) is 2.34. The van der Waals surface area contributed by atoms with Crippen molar-refractivity contribution in [2.75, 3.05) is 0 Å². The molecule has 0 aliphatic carbocycles. The van der Waals surface area contributed by atoms with Crippen LogP contribution in [0.4, 0.5) is 0 Å². The standard InChI is InChI=1S/C16H12O2.C8H11N/c1-12-3-2-4-14(11-12)6-5-13-7-9-15(10-8-13)16(17)18;1-7(9)8-5-3-2-4-6-8/h2-4,7-11H,1H3,(H,17,18);2-7H,9H2,1H3/t;7-/m.1/s1. The van der Waals surface area contributed by atoms with Crippen molar-refractivity contribution in [3.05, 3.63) is 107 Å². The number of rotatable bonds is 2. The minimum Gasteiger partial charge on any atom is -0.545 e. The monoisotopic (exact) mass is 357 g/mol. The first-order chi connectivity index (χ1) is 13.0. The molecule has 3 rings (SSSR count). The highest BCUT2D eigenvalue weighted by Crippen LogP contribution is 2.05. The molecule has 136 valence electrons. The molecule has 3 aromatic carbocycles. The maximum absolute atomic E-state index is 10.6. The zero-order chi connectivity index (χ0) is 19.6. The van der Waals surface area contributed by atoms with Gasteiger partial charge in [0.15, 0.2) is 0 Å². The number of carboxylic acids is 1. The van der Waals surface area contributed by atoms with Gasteiger partial charge in [-0.3, -0.25) is 0 Å². The molecule has 1 atom stereocenters. The molecule has 0 fully saturated rings. The highest BCUT2D eigenvalue weighted by molar-refractivity contribution is 5.85. The molecule has 3 N–H and O–H groups in total. The van der Waals surface area contributed by atoms with E-state index in [1.54, 1.807) is 12.1 Å². The Kier molecular flexibility index (Phi) is 7.37. The number of hydrogen-bond acceptors (Lipinski definition) is 2. The van der Waals surface area contributed by atoms with Crippen molar-refractivity contribution in [3.63, 3.8) is 0 Å². The molecular weight excluding hydrogens is 334 g/mol. The number of carboxylic acid groups (broad SMARTS) is 1. The van der Waals surface area contributed by atoms with Crippen molar-refractivity contribution in [1.82, 2.24) is 0 Å². The third kappa shape index (κ3) is 6.81. The Morgan fingerprint density at radius 2 is 1.52 bits per heavy atom. The van der Waals surface area contributed by atoms with E-state index in [1.807, 2.05) is 49.4 Å². The first kappa shape index (κ1) is 20.0. The number of carbonyl (C=O) groups is 1. The molecule has 0 bridgehead atoms. The molecule has 0 heterocycles. The summed E-state index contributed by atoms with van der Waals surface area (Å²) >= 11 is 0. The third-order valence-electron chi connectivity index (χ3n) is 3.86. The van der Waals surface area contributed by atoms with Gasteiger partial charge in [-0.15, -0.1) is 0 Å². The number of aryl methyl sites for hydroxylation is 1. The fraction of sp³-hybridized carbons (Fsp3) is 0.125.